The Bertz CT molecular complexity index is 1210. The van der Waals surface area contributed by atoms with Gasteiger partial charge in [-0.05, 0) is 26.0 Å². The molecular weight excluding hydrogens is 408 g/mol. The Morgan fingerprint density at radius 2 is 1.33 bits per heavy atom. The third-order valence-electron chi connectivity index (χ3n) is 4.50. The summed E-state index contributed by atoms with van der Waals surface area (Å²) in [7, 11) is -2.08. The Kier molecular flexibility index (Phi) is 5.75. The van der Waals surface area contributed by atoms with Crippen LogP contribution >= 0.6 is 0 Å². The van der Waals surface area contributed by atoms with Crippen molar-refractivity contribution in [1.29, 1.82) is 0 Å². The standard InChI is InChI=1S/C21H20N2O6S/c1-13-5-9-15(10-6-13)18-17(20(24)28-3)19(21(25)29-4)23(22-18)30(26,27)16-11-7-14(2)8-12-16/h5-12H,1-4H3. The molecule has 9 heteroatoms. The van der Waals surface area contributed by atoms with Crippen LogP contribution < -0.4 is 0 Å². The molecule has 0 unspecified atom stereocenters. The molecule has 0 N–H and O–H groups in total. The van der Waals surface area contributed by atoms with Gasteiger partial charge in [0.2, 0.25) is 0 Å². The lowest BCUT2D eigenvalue weighted by Crippen LogP contribution is -2.22. The van der Waals surface area contributed by atoms with Gasteiger partial charge in [0, 0.05) is 5.56 Å². The van der Waals surface area contributed by atoms with Crippen molar-refractivity contribution in [3.8, 4) is 11.3 Å². The highest BCUT2D eigenvalue weighted by molar-refractivity contribution is 7.90. The second-order valence-corrected chi connectivity index (χ2v) is 8.35. The number of carbonyl (C=O) groups excluding carboxylic acids is 2. The molecule has 0 amide bonds. The predicted molar refractivity (Wildman–Crippen MR) is 109 cm³/mol. The largest absolute Gasteiger partial charge is 0.465 e. The molecule has 1 aromatic heterocycles. The second-order valence-electron chi connectivity index (χ2n) is 6.58. The highest BCUT2D eigenvalue weighted by atomic mass is 32.2. The minimum atomic E-state index is -4.30. The number of rotatable bonds is 5. The molecule has 0 atom stereocenters. The van der Waals surface area contributed by atoms with Crippen LogP contribution in [-0.2, 0) is 19.5 Å². The number of benzene rings is 2. The molecule has 30 heavy (non-hydrogen) atoms. The zero-order valence-electron chi connectivity index (χ0n) is 16.9. The molecule has 0 bridgehead atoms. The van der Waals surface area contributed by atoms with Crippen LogP contribution in [0.2, 0.25) is 0 Å². The van der Waals surface area contributed by atoms with Crippen LogP contribution in [0.1, 0.15) is 32.0 Å². The summed E-state index contributed by atoms with van der Waals surface area (Å²) in [5.74, 6) is -1.94. The van der Waals surface area contributed by atoms with Gasteiger partial charge in [0.25, 0.3) is 10.0 Å². The fourth-order valence-electron chi connectivity index (χ4n) is 2.87. The quantitative estimate of drug-likeness (QED) is 0.575. The summed E-state index contributed by atoms with van der Waals surface area (Å²) in [5.41, 5.74) is 1.45. The van der Waals surface area contributed by atoms with Gasteiger partial charge in [-0.2, -0.15) is 13.5 Å². The van der Waals surface area contributed by atoms with Gasteiger partial charge in [0.1, 0.15) is 11.3 Å². The summed E-state index contributed by atoms with van der Waals surface area (Å²) in [6.07, 6.45) is 0. The van der Waals surface area contributed by atoms with Crippen LogP contribution in [0.4, 0.5) is 0 Å². The Morgan fingerprint density at radius 1 is 0.833 bits per heavy atom. The van der Waals surface area contributed by atoms with E-state index in [4.69, 9.17) is 9.47 Å². The van der Waals surface area contributed by atoms with E-state index in [9.17, 15) is 18.0 Å². The lowest BCUT2D eigenvalue weighted by atomic mass is 10.0. The molecule has 3 rings (SSSR count). The maximum atomic E-state index is 13.3. The van der Waals surface area contributed by atoms with Gasteiger partial charge in [0.05, 0.1) is 19.1 Å². The normalized spacial score (nSPS) is 11.2. The van der Waals surface area contributed by atoms with E-state index in [0.29, 0.717) is 9.65 Å². The first-order valence-electron chi connectivity index (χ1n) is 8.89. The number of ether oxygens (including phenoxy) is 2. The highest BCUT2D eigenvalue weighted by Crippen LogP contribution is 2.30. The van der Waals surface area contributed by atoms with Gasteiger partial charge < -0.3 is 9.47 Å². The number of nitrogens with zero attached hydrogens (tertiary/aromatic N) is 2. The monoisotopic (exact) mass is 428 g/mol. The van der Waals surface area contributed by atoms with Gasteiger partial charge in [0.15, 0.2) is 5.69 Å². The summed E-state index contributed by atoms with van der Waals surface area (Å²) in [5, 5.41) is 4.15. The van der Waals surface area contributed by atoms with Crippen LogP contribution in [0, 0.1) is 13.8 Å². The molecule has 0 radical (unpaired) electrons. The Balaban J connectivity index is 2.37. The van der Waals surface area contributed by atoms with Gasteiger partial charge in [-0.1, -0.05) is 47.5 Å². The smallest absolute Gasteiger partial charge is 0.358 e. The molecule has 0 aliphatic rings. The third kappa shape index (κ3) is 3.71. The molecule has 0 fully saturated rings. The summed E-state index contributed by atoms with van der Waals surface area (Å²) in [6, 6.07) is 12.9. The van der Waals surface area contributed by atoms with Gasteiger partial charge >= 0.3 is 11.9 Å². The highest BCUT2D eigenvalue weighted by Gasteiger charge is 2.35. The molecule has 0 aliphatic carbocycles. The molecule has 0 saturated carbocycles. The fraction of sp³-hybridized carbons (Fsp3) is 0.190. The zero-order chi connectivity index (χ0) is 22.1. The summed E-state index contributed by atoms with van der Waals surface area (Å²) in [6.45, 7) is 3.69. The van der Waals surface area contributed by atoms with E-state index in [1.54, 1.807) is 36.4 Å². The molecule has 3 aromatic rings. The maximum Gasteiger partial charge on any atom is 0.358 e. The van der Waals surface area contributed by atoms with E-state index in [-0.39, 0.29) is 16.2 Å². The number of methoxy groups -OCH3 is 2. The minimum Gasteiger partial charge on any atom is -0.465 e. The molecule has 8 nitrogen and oxygen atoms in total. The van der Waals surface area contributed by atoms with Crippen LogP contribution in [0.5, 0.6) is 0 Å². The number of aromatic nitrogens is 2. The predicted octanol–water partition coefficient (Wildman–Crippen LogP) is 2.98. The molecule has 0 aliphatic heterocycles. The Morgan fingerprint density at radius 3 is 1.83 bits per heavy atom. The average molecular weight is 428 g/mol. The van der Waals surface area contributed by atoms with Crippen molar-refractivity contribution in [2.24, 2.45) is 0 Å². The van der Waals surface area contributed by atoms with E-state index < -0.39 is 27.7 Å². The maximum absolute atomic E-state index is 13.3. The second kappa shape index (κ2) is 8.11. The van der Waals surface area contributed by atoms with E-state index in [1.165, 1.54) is 12.1 Å². The van der Waals surface area contributed by atoms with Crippen LogP contribution in [0.25, 0.3) is 11.3 Å². The van der Waals surface area contributed by atoms with Crippen molar-refractivity contribution in [3.05, 3.63) is 70.9 Å². The van der Waals surface area contributed by atoms with Crippen LogP contribution in [0.15, 0.2) is 53.4 Å². The first kappa shape index (κ1) is 21.3. The van der Waals surface area contributed by atoms with Gasteiger partial charge in [-0.3, -0.25) is 0 Å². The molecule has 0 spiro atoms. The van der Waals surface area contributed by atoms with E-state index in [0.717, 1.165) is 25.3 Å². The molecule has 156 valence electrons. The third-order valence-corrected chi connectivity index (χ3v) is 6.08. The minimum absolute atomic E-state index is 0.00191. The van der Waals surface area contributed by atoms with E-state index in [2.05, 4.69) is 5.10 Å². The van der Waals surface area contributed by atoms with E-state index >= 15 is 0 Å². The Labute approximate surface area is 174 Å². The molecule has 2 aromatic carbocycles. The number of hydrogen-bond acceptors (Lipinski definition) is 7. The SMILES string of the molecule is COC(=O)c1c(-c2ccc(C)cc2)nn(S(=O)(=O)c2ccc(C)cc2)c1C(=O)OC. The van der Waals surface area contributed by atoms with Crippen molar-refractivity contribution < 1.29 is 27.5 Å². The zero-order valence-corrected chi connectivity index (χ0v) is 17.7. The average Bonchev–Trinajstić information content (AvgIpc) is 3.15. The molecule has 0 saturated heterocycles. The topological polar surface area (TPSA) is 105 Å². The van der Waals surface area contributed by atoms with Crippen molar-refractivity contribution in [2.45, 2.75) is 18.7 Å². The molecule has 1 heterocycles. The lowest BCUT2D eigenvalue weighted by Gasteiger charge is -2.08. The van der Waals surface area contributed by atoms with Crippen molar-refractivity contribution in [2.75, 3.05) is 14.2 Å². The number of carbonyl (C=O) groups is 2. The first-order valence-corrected chi connectivity index (χ1v) is 10.3. The van der Waals surface area contributed by atoms with Crippen molar-refractivity contribution >= 4 is 22.0 Å². The van der Waals surface area contributed by atoms with Crippen molar-refractivity contribution in [3.63, 3.8) is 0 Å². The summed E-state index contributed by atoms with van der Waals surface area (Å²) < 4.78 is 36.7. The number of aryl methyl sites for hydroxylation is 2. The van der Waals surface area contributed by atoms with Crippen LogP contribution in [-0.4, -0.2) is 43.8 Å². The molecular formula is C21H20N2O6S. The van der Waals surface area contributed by atoms with Crippen molar-refractivity contribution in [1.82, 2.24) is 9.19 Å². The van der Waals surface area contributed by atoms with Gasteiger partial charge in [-0.25, -0.2) is 9.59 Å². The number of hydrogen-bond donors (Lipinski definition) is 0. The summed E-state index contributed by atoms with van der Waals surface area (Å²) in [4.78, 5) is 25.0. The Hall–Kier alpha value is -3.46. The lowest BCUT2D eigenvalue weighted by molar-refractivity contribution is 0.0551. The van der Waals surface area contributed by atoms with Gasteiger partial charge in [-0.15, -0.1) is 4.09 Å². The van der Waals surface area contributed by atoms with E-state index in [1.807, 2.05) is 13.8 Å². The first-order chi connectivity index (χ1) is 14.2. The van der Waals surface area contributed by atoms with Crippen LogP contribution in [0.3, 0.4) is 0 Å². The summed E-state index contributed by atoms with van der Waals surface area (Å²) >= 11 is 0. The number of esters is 2. The fourth-order valence-corrected chi connectivity index (χ4v) is 4.14.